The molecule has 2 saturated heterocycles. The molecule has 5 aromatic rings. The lowest BCUT2D eigenvalue weighted by Crippen LogP contribution is -2.52. The minimum Gasteiger partial charge on any atom is -0.493 e. The first kappa shape index (κ1) is 38.9. The number of amides is 3. The van der Waals surface area contributed by atoms with E-state index in [2.05, 4.69) is 42.3 Å². The molecule has 0 radical (unpaired) electrons. The first-order valence-corrected chi connectivity index (χ1v) is 21.7. The molecule has 0 aliphatic carbocycles. The number of carbonyl (C=O) groups excluding carboxylic acids is 3. The Morgan fingerprint density at radius 3 is 2.45 bits per heavy atom. The van der Waals surface area contributed by atoms with E-state index in [1.807, 2.05) is 30.3 Å². The fourth-order valence-corrected chi connectivity index (χ4v) is 8.45. The van der Waals surface area contributed by atoms with Gasteiger partial charge in [-0.15, -0.1) is 5.10 Å². The van der Waals surface area contributed by atoms with Crippen molar-refractivity contribution in [3.8, 4) is 17.0 Å². The van der Waals surface area contributed by atoms with Gasteiger partial charge in [-0.2, -0.15) is 0 Å². The van der Waals surface area contributed by atoms with Crippen LogP contribution in [0.15, 0.2) is 85.1 Å². The molecular formula is C42H47N9O6S. The van der Waals surface area contributed by atoms with Crippen LogP contribution < -0.4 is 25.0 Å². The number of ether oxygens (including phenoxy) is 1. The summed E-state index contributed by atoms with van der Waals surface area (Å²) in [6.45, 7) is 5.94. The molecule has 2 fully saturated rings. The molecule has 16 heteroatoms. The Kier molecular flexibility index (Phi) is 11.3. The van der Waals surface area contributed by atoms with Gasteiger partial charge in [0.1, 0.15) is 11.8 Å². The van der Waals surface area contributed by atoms with Crippen LogP contribution in [0.5, 0.6) is 5.75 Å². The van der Waals surface area contributed by atoms with Gasteiger partial charge in [0.25, 0.3) is 11.8 Å². The molecule has 0 spiro atoms. The molecule has 3 N–H and O–H groups in total. The minimum absolute atomic E-state index is 0.265. The Balaban J connectivity index is 0.758. The molecule has 3 aliphatic heterocycles. The third-order valence-corrected chi connectivity index (χ3v) is 11.4. The molecule has 3 aliphatic rings. The highest BCUT2D eigenvalue weighted by Gasteiger charge is 2.45. The summed E-state index contributed by atoms with van der Waals surface area (Å²) >= 11 is 0. The third-order valence-electron chi connectivity index (χ3n) is 10.8. The van der Waals surface area contributed by atoms with Crippen molar-refractivity contribution in [1.29, 1.82) is 0 Å². The fourth-order valence-electron chi connectivity index (χ4n) is 7.90. The molecule has 1 unspecified atom stereocenters. The lowest BCUT2D eigenvalue weighted by Gasteiger charge is -2.36. The summed E-state index contributed by atoms with van der Waals surface area (Å²) in [7, 11) is -3.40. The van der Waals surface area contributed by atoms with Crippen LogP contribution in [0.4, 0.5) is 23.0 Å². The lowest BCUT2D eigenvalue weighted by atomic mass is 10.1. The summed E-state index contributed by atoms with van der Waals surface area (Å²) in [5.41, 5.74) is 5.52. The molecule has 2 aromatic heterocycles. The number of hydrogen-bond donors (Lipinski definition) is 3. The second-order valence-electron chi connectivity index (χ2n) is 15.0. The fraction of sp³-hybridized carbons (Fsp3) is 0.357. The molecule has 8 rings (SSSR count). The largest absolute Gasteiger partial charge is 0.493 e. The summed E-state index contributed by atoms with van der Waals surface area (Å²) in [6.07, 6.45) is 8.08. The van der Waals surface area contributed by atoms with E-state index in [0.29, 0.717) is 42.5 Å². The van der Waals surface area contributed by atoms with E-state index >= 15 is 0 Å². The maximum absolute atomic E-state index is 13.3. The Labute approximate surface area is 337 Å². The third kappa shape index (κ3) is 8.62. The highest BCUT2D eigenvalue weighted by atomic mass is 32.2. The Hall–Kier alpha value is -6.00. The number of rotatable bonds is 15. The zero-order valence-corrected chi connectivity index (χ0v) is 33.2. The van der Waals surface area contributed by atoms with Crippen molar-refractivity contribution < 1.29 is 27.5 Å². The van der Waals surface area contributed by atoms with Crippen LogP contribution in [0.2, 0.25) is 0 Å². The van der Waals surface area contributed by atoms with Crippen LogP contribution in [0, 0.1) is 0 Å². The number of piperidine rings is 1. The Morgan fingerprint density at radius 2 is 1.66 bits per heavy atom. The van der Waals surface area contributed by atoms with Gasteiger partial charge in [0.05, 0.1) is 41.4 Å². The van der Waals surface area contributed by atoms with Crippen molar-refractivity contribution >= 4 is 56.3 Å². The summed E-state index contributed by atoms with van der Waals surface area (Å²) in [5, 5.41) is 10.8. The smallest absolute Gasteiger partial charge is 0.266 e. The van der Waals surface area contributed by atoms with Crippen LogP contribution in [0.3, 0.4) is 0 Å². The zero-order valence-electron chi connectivity index (χ0n) is 32.4. The number of piperazine rings is 1. The molecule has 15 nitrogen and oxygen atoms in total. The van der Waals surface area contributed by atoms with Crippen molar-refractivity contribution in [2.24, 2.45) is 0 Å². The molecule has 0 saturated carbocycles. The van der Waals surface area contributed by atoms with Gasteiger partial charge in [-0.25, -0.2) is 17.9 Å². The normalized spacial score (nSPS) is 17.4. The van der Waals surface area contributed by atoms with E-state index in [1.165, 1.54) is 5.69 Å². The van der Waals surface area contributed by atoms with Crippen LogP contribution in [-0.2, 0) is 14.8 Å². The number of benzene rings is 3. The maximum atomic E-state index is 13.3. The molecule has 5 heterocycles. The van der Waals surface area contributed by atoms with Crippen LogP contribution >= 0.6 is 0 Å². The van der Waals surface area contributed by atoms with Crippen molar-refractivity contribution in [1.82, 2.24) is 29.7 Å². The van der Waals surface area contributed by atoms with E-state index in [9.17, 15) is 22.8 Å². The second-order valence-corrected chi connectivity index (χ2v) is 16.7. The zero-order chi connectivity index (χ0) is 40.2. The number of nitrogens with zero attached hydrogens (tertiary/aromatic N) is 6. The molecule has 302 valence electrons. The number of sulfonamides is 1. The van der Waals surface area contributed by atoms with E-state index in [-0.39, 0.29) is 11.5 Å². The Bertz CT molecular complexity index is 2430. The van der Waals surface area contributed by atoms with Gasteiger partial charge < -0.3 is 20.3 Å². The average molecular weight is 806 g/mol. The number of unbranched alkanes of at least 4 members (excludes halogenated alkanes) is 3. The number of nitrogens with one attached hydrogen (secondary N) is 3. The predicted molar refractivity (Wildman–Crippen MR) is 222 cm³/mol. The van der Waals surface area contributed by atoms with Crippen molar-refractivity contribution in [2.45, 2.75) is 44.6 Å². The molecular weight excluding hydrogens is 759 g/mol. The van der Waals surface area contributed by atoms with Gasteiger partial charge in [-0.3, -0.25) is 28.9 Å². The van der Waals surface area contributed by atoms with E-state index in [4.69, 9.17) is 9.84 Å². The monoisotopic (exact) mass is 805 g/mol. The van der Waals surface area contributed by atoms with Crippen molar-refractivity contribution in [3.05, 3.63) is 96.2 Å². The molecule has 3 amide bonds. The number of hydrogen-bond acceptors (Lipinski definition) is 11. The van der Waals surface area contributed by atoms with Gasteiger partial charge in [0, 0.05) is 55.3 Å². The molecule has 0 bridgehead atoms. The highest BCUT2D eigenvalue weighted by molar-refractivity contribution is 7.92. The van der Waals surface area contributed by atoms with E-state index < -0.39 is 27.9 Å². The van der Waals surface area contributed by atoms with Crippen molar-refractivity contribution in [2.75, 3.05) is 67.1 Å². The predicted octanol–water partition coefficient (Wildman–Crippen LogP) is 5.15. The topological polar surface area (TPSA) is 171 Å². The highest BCUT2D eigenvalue weighted by Crippen LogP contribution is 2.34. The van der Waals surface area contributed by atoms with E-state index in [0.717, 1.165) is 98.4 Å². The minimum atomic E-state index is -3.40. The maximum Gasteiger partial charge on any atom is 0.266 e. The number of carbonyl (C=O) groups is 3. The van der Waals surface area contributed by atoms with Gasteiger partial charge in [0.2, 0.25) is 21.9 Å². The van der Waals surface area contributed by atoms with E-state index in [1.54, 1.807) is 47.1 Å². The van der Waals surface area contributed by atoms with Gasteiger partial charge in [0.15, 0.2) is 0 Å². The number of fused-ring (bicyclic) bond motifs is 2. The van der Waals surface area contributed by atoms with Gasteiger partial charge in [-0.1, -0.05) is 31.0 Å². The first-order valence-electron chi connectivity index (χ1n) is 19.8. The molecule has 1 atom stereocenters. The number of aromatic nitrogens is 3. The van der Waals surface area contributed by atoms with Gasteiger partial charge in [-0.05, 0) is 92.9 Å². The summed E-state index contributed by atoms with van der Waals surface area (Å²) in [5.74, 6) is -0.315. The van der Waals surface area contributed by atoms with Crippen LogP contribution in [-0.4, -0.2) is 109 Å². The summed E-state index contributed by atoms with van der Waals surface area (Å²) < 4.78 is 33.8. The number of anilines is 4. The van der Waals surface area contributed by atoms with Crippen LogP contribution in [0.25, 0.3) is 16.8 Å². The standard InChI is InChI=1S/C42H47N9O6S/c1-58(55,56)47-31-10-6-9-29(27-31)35-19-18-33-28-44-42(46-51(33)35)45-30-14-16-32(17-15-30)49-24-22-48(23-25-49)21-4-2-3-5-26-57-37-13-7-11-34-38(37)41(54)50(40(34)53)36-12-8-20-43-39(36)52/h6-7,9-11,13-19,27-28,36,47H,2-5,8,12,20-26H2,1H3,(H,43,52)(H,45,46). The van der Waals surface area contributed by atoms with Crippen molar-refractivity contribution in [3.63, 3.8) is 0 Å². The van der Waals surface area contributed by atoms with Crippen LogP contribution in [0.1, 0.15) is 59.2 Å². The average Bonchev–Trinajstić information content (AvgIpc) is 3.75. The quantitative estimate of drug-likeness (QED) is 0.0945. The SMILES string of the molecule is CS(=O)(=O)Nc1cccc(-c2ccc3cnc(Nc4ccc(N5CCN(CCCCCCOc6cccc7c6C(=O)N(C6CCCNC6=O)C7=O)CC5)cc4)nn23)c1. The molecule has 3 aromatic carbocycles. The lowest BCUT2D eigenvalue weighted by molar-refractivity contribution is -0.126. The summed E-state index contributed by atoms with van der Waals surface area (Å²) in [4.78, 5) is 49.3. The Morgan fingerprint density at radius 1 is 0.862 bits per heavy atom. The second kappa shape index (κ2) is 16.8. The van der Waals surface area contributed by atoms with Gasteiger partial charge >= 0.3 is 0 Å². The first-order chi connectivity index (χ1) is 28.1. The molecule has 58 heavy (non-hydrogen) atoms. The number of imide groups is 1. The summed E-state index contributed by atoms with van der Waals surface area (Å²) in [6, 6.07) is 23.7.